The molecular weight excluding hydrogens is 236 g/mol. The molecule has 0 spiro atoms. The Hall–Kier alpha value is -1.35. The molecule has 1 N–H and O–H groups in total. The predicted octanol–water partition coefficient (Wildman–Crippen LogP) is 1.82. The molecule has 0 aromatic heterocycles. The van der Waals surface area contributed by atoms with Crippen LogP contribution in [0.15, 0.2) is 24.3 Å². The zero-order valence-corrected chi connectivity index (χ0v) is 11.6. The first-order chi connectivity index (χ1) is 9.24. The van der Waals surface area contributed by atoms with Gasteiger partial charge in [-0.05, 0) is 29.9 Å². The van der Waals surface area contributed by atoms with Gasteiger partial charge in [-0.3, -0.25) is 9.69 Å². The highest BCUT2D eigenvalue weighted by Crippen LogP contribution is 2.37. The second-order valence-electron chi connectivity index (χ2n) is 5.91. The predicted molar refractivity (Wildman–Crippen MR) is 75.7 cm³/mol. The van der Waals surface area contributed by atoms with E-state index >= 15 is 0 Å². The molecule has 3 heteroatoms. The maximum absolute atomic E-state index is 11.7. The number of hydrogen-bond acceptors (Lipinski definition) is 2. The van der Waals surface area contributed by atoms with Crippen molar-refractivity contribution >= 4 is 5.91 Å². The third-order valence-electron chi connectivity index (χ3n) is 4.38. The fourth-order valence-electron chi connectivity index (χ4n) is 2.90. The second kappa shape index (κ2) is 5.33. The normalized spacial score (nSPS) is 25.7. The smallest absolute Gasteiger partial charge is 0.223 e. The summed E-state index contributed by atoms with van der Waals surface area (Å²) in [7, 11) is 0. The number of nitrogens with one attached hydrogen (secondary N) is 1. The van der Waals surface area contributed by atoms with Gasteiger partial charge in [-0.1, -0.05) is 31.2 Å². The van der Waals surface area contributed by atoms with Gasteiger partial charge in [0.05, 0.1) is 0 Å². The fraction of sp³-hybridized carbons (Fsp3) is 0.562. The summed E-state index contributed by atoms with van der Waals surface area (Å²) < 4.78 is 0. The number of carbonyl (C=O) groups is 1. The van der Waals surface area contributed by atoms with E-state index < -0.39 is 0 Å². The Morgan fingerprint density at radius 1 is 1.37 bits per heavy atom. The largest absolute Gasteiger partial charge is 0.355 e. The molecule has 1 fully saturated rings. The zero-order chi connectivity index (χ0) is 13.2. The average Bonchev–Trinajstić information content (AvgIpc) is 3.16. The van der Waals surface area contributed by atoms with Crippen molar-refractivity contribution in [2.24, 2.45) is 11.8 Å². The van der Waals surface area contributed by atoms with E-state index in [2.05, 4.69) is 41.4 Å². The van der Waals surface area contributed by atoms with Crippen LogP contribution in [0.4, 0.5) is 0 Å². The third-order valence-corrected chi connectivity index (χ3v) is 4.38. The Balaban J connectivity index is 1.43. The number of benzene rings is 1. The van der Waals surface area contributed by atoms with Gasteiger partial charge >= 0.3 is 0 Å². The first-order valence-electron chi connectivity index (χ1n) is 7.31. The molecule has 19 heavy (non-hydrogen) atoms. The minimum atomic E-state index is 0.255. The maximum atomic E-state index is 11.7. The van der Waals surface area contributed by atoms with Crippen molar-refractivity contribution in [3.05, 3.63) is 35.4 Å². The second-order valence-corrected chi connectivity index (χ2v) is 5.91. The van der Waals surface area contributed by atoms with Gasteiger partial charge in [-0.15, -0.1) is 0 Å². The molecule has 0 bridgehead atoms. The summed E-state index contributed by atoms with van der Waals surface area (Å²) in [5.41, 5.74) is 2.92. The highest BCUT2D eigenvalue weighted by Gasteiger charge is 2.38. The van der Waals surface area contributed by atoms with Crippen molar-refractivity contribution < 1.29 is 4.79 Å². The molecule has 1 aromatic carbocycles. The standard InChI is InChI=1S/C16H22N2O/c1-12-10-15(12)16(19)17-7-9-18-8-6-13-4-2-3-5-14(13)11-18/h2-5,12,15H,6-11H2,1H3,(H,17,19)/t12-,15+/m1/s1. The monoisotopic (exact) mass is 258 g/mol. The van der Waals surface area contributed by atoms with Gasteiger partial charge in [0, 0.05) is 32.1 Å². The molecule has 1 amide bonds. The first kappa shape index (κ1) is 12.7. The highest BCUT2D eigenvalue weighted by atomic mass is 16.2. The van der Waals surface area contributed by atoms with Crippen LogP contribution in [0, 0.1) is 11.8 Å². The van der Waals surface area contributed by atoms with E-state index in [9.17, 15) is 4.79 Å². The fourth-order valence-corrected chi connectivity index (χ4v) is 2.90. The van der Waals surface area contributed by atoms with Gasteiger partial charge in [-0.25, -0.2) is 0 Å². The quantitative estimate of drug-likeness (QED) is 0.893. The Morgan fingerprint density at radius 2 is 2.11 bits per heavy atom. The summed E-state index contributed by atoms with van der Waals surface area (Å²) in [4.78, 5) is 14.2. The molecule has 1 aliphatic heterocycles. The van der Waals surface area contributed by atoms with Crippen molar-refractivity contribution in [3.8, 4) is 0 Å². The van der Waals surface area contributed by atoms with E-state index in [0.29, 0.717) is 11.8 Å². The number of fused-ring (bicyclic) bond motifs is 1. The summed E-state index contributed by atoms with van der Waals surface area (Å²) in [6, 6.07) is 8.67. The van der Waals surface area contributed by atoms with Crippen molar-refractivity contribution in [1.29, 1.82) is 0 Å². The molecule has 1 aromatic rings. The summed E-state index contributed by atoms with van der Waals surface area (Å²) in [6.07, 6.45) is 2.20. The van der Waals surface area contributed by atoms with Crippen molar-refractivity contribution in [2.45, 2.75) is 26.3 Å². The van der Waals surface area contributed by atoms with Crippen LogP contribution < -0.4 is 5.32 Å². The Morgan fingerprint density at radius 3 is 2.84 bits per heavy atom. The topological polar surface area (TPSA) is 32.3 Å². The van der Waals surface area contributed by atoms with Crippen LogP contribution in [0.2, 0.25) is 0 Å². The van der Waals surface area contributed by atoms with Gasteiger partial charge in [0.15, 0.2) is 0 Å². The van der Waals surface area contributed by atoms with E-state index in [1.54, 1.807) is 0 Å². The van der Waals surface area contributed by atoms with Gasteiger partial charge < -0.3 is 5.32 Å². The zero-order valence-electron chi connectivity index (χ0n) is 11.6. The maximum Gasteiger partial charge on any atom is 0.223 e. The van der Waals surface area contributed by atoms with E-state index in [-0.39, 0.29) is 5.91 Å². The van der Waals surface area contributed by atoms with Gasteiger partial charge in [-0.2, -0.15) is 0 Å². The van der Waals surface area contributed by atoms with E-state index in [0.717, 1.165) is 39.0 Å². The molecule has 0 radical (unpaired) electrons. The SMILES string of the molecule is C[C@@H]1C[C@@H]1C(=O)NCCN1CCc2ccccc2C1. The number of rotatable bonds is 4. The van der Waals surface area contributed by atoms with E-state index in [1.807, 2.05) is 0 Å². The molecule has 0 unspecified atom stereocenters. The molecule has 3 nitrogen and oxygen atoms in total. The van der Waals surface area contributed by atoms with E-state index in [4.69, 9.17) is 0 Å². The van der Waals surface area contributed by atoms with Crippen LogP contribution in [0.3, 0.4) is 0 Å². The van der Waals surface area contributed by atoms with Crippen molar-refractivity contribution in [3.63, 3.8) is 0 Å². The Labute approximate surface area is 115 Å². The molecule has 3 rings (SSSR count). The van der Waals surface area contributed by atoms with Gasteiger partial charge in [0.25, 0.3) is 0 Å². The highest BCUT2D eigenvalue weighted by molar-refractivity contribution is 5.81. The average molecular weight is 258 g/mol. The lowest BCUT2D eigenvalue weighted by molar-refractivity contribution is -0.122. The Kier molecular flexibility index (Phi) is 3.56. The van der Waals surface area contributed by atoms with Crippen LogP contribution in [-0.4, -0.2) is 30.4 Å². The van der Waals surface area contributed by atoms with Crippen LogP contribution >= 0.6 is 0 Å². The molecular formula is C16H22N2O. The summed E-state index contributed by atoms with van der Waals surface area (Å²) in [5, 5.41) is 3.07. The lowest BCUT2D eigenvalue weighted by atomic mass is 10.00. The summed E-state index contributed by atoms with van der Waals surface area (Å²) >= 11 is 0. The van der Waals surface area contributed by atoms with Crippen molar-refractivity contribution in [1.82, 2.24) is 10.2 Å². The van der Waals surface area contributed by atoms with Crippen LogP contribution in [0.5, 0.6) is 0 Å². The van der Waals surface area contributed by atoms with Crippen LogP contribution in [-0.2, 0) is 17.8 Å². The summed E-state index contributed by atoms with van der Waals surface area (Å²) in [5.74, 6) is 1.15. The number of hydrogen-bond donors (Lipinski definition) is 1. The molecule has 1 heterocycles. The minimum Gasteiger partial charge on any atom is -0.355 e. The van der Waals surface area contributed by atoms with Gasteiger partial charge in [0.1, 0.15) is 0 Å². The summed E-state index contributed by atoms with van der Waals surface area (Å²) in [6.45, 7) is 6.01. The molecule has 1 aliphatic carbocycles. The molecule has 2 atom stereocenters. The van der Waals surface area contributed by atoms with Crippen molar-refractivity contribution in [2.75, 3.05) is 19.6 Å². The number of carbonyl (C=O) groups excluding carboxylic acids is 1. The lowest BCUT2D eigenvalue weighted by Crippen LogP contribution is -2.38. The number of nitrogens with zero attached hydrogens (tertiary/aromatic N) is 1. The first-order valence-corrected chi connectivity index (χ1v) is 7.31. The number of amides is 1. The molecule has 102 valence electrons. The lowest BCUT2D eigenvalue weighted by Gasteiger charge is -2.28. The third kappa shape index (κ3) is 2.98. The molecule has 2 aliphatic rings. The van der Waals surface area contributed by atoms with Crippen LogP contribution in [0.25, 0.3) is 0 Å². The van der Waals surface area contributed by atoms with E-state index in [1.165, 1.54) is 11.1 Å². The van der Waals surface area contributed by atoms with Gasteiger partial charge in [0.2, 0.25) is 5.91 Å². The molecule has 1 saturated carbocycles. The Bertz CT molecular complexity index is 472. The van der Waals surface area contributed by atoms with Crippen LogP contribution in [0.1, 0.15) is 24.5 Å². The minimum absolute atomic E-state index is 0.255. The molecule has 0 saturated heterocycles.